The Balaban J connectivity index is 1.45. The molecule has 1 saturated carbocycles. The number of para-hydroxylation sites is 1. The van der Waals surface area contributed by atoms with E-state index in [1.54, 1.807) is 6.07 Å². The van der Waals surface area contributed by atoms with Gasteiger partial charge >= 0.3 is 5.97 Å². The van der Waals surface area contributed by atoms with E-state index in [0.717, 1.165) is 62.6 Å². The average molecular weight is 516 g/mol. The first-order valence-corrected chi connectivity index (χ1v) is 14.6. The number of rotatable bonds is 7. The van der Waals surface area contributed by atoms with E-state index in [0.29, 0.717) is 18.1 Å². The summed E-state index contributed by atoms with van der Waals surface area (Å²) in [5, 5.41) is 11.1. The monoisotopic (exact) mass is 515 g/mol. The average Bonchev–Trinajstić information content (AvgIpc) is 3.22. The van der Waals surface area contributed by atoms with Gasteiger partial charge in [0.1, 0.15) is 5.75 Å². The van der Waals surface area contributed by atoms with Crippen LogP contribution in [0.15, 0.2) is 42.5 Å². The first kappa shape index (κ1) is 25.4. The Kier molecular flexibility index (Phi) is 6.95. The summed E-state index contributed by atoms with van der Waals surface area (Å²) >= 11 is 0. The highest BCUT2D eigenvalue weighted by atomic mass is 16.5. The minimum absolute atomic E-state index is 0.0144. The number of hydrogen-bond donors (Lipinski definition) is 1. The molecule has 0 radical (unpaired) electrons. The van der Waals surface area contributed by atoms with Gasteiger partial charge in [-0.15, -0.1) is 0 Å². The first-order chi connectivity index (χ1) is 18.5. The fraction of sp³-hybridized carbons (Fsp3) is 0.531. The Morgan fingerprint density at radius 3 is 2.55 bits per heavy atom. The van der Waals surface area contributed by atoms with E-state index in [9.17, 15) is 9.90 Å². The maximum atomic E-state index is 12.0. The van der Waals surface area contributed by atoms with Gasteiger partial charge in [-0.2, -0.15) is 0 Å². The molecule has 1 saturated heterocycles. The van der Waals surface area contributed by atoms with Gasteiger partial charge in [0.15, 0.2) is 0 Å². The number of ether oxygens (including phenoxy) is 1. The highest BCUT2D eigenvalue weighted by Crippen LogP contribution is 2.49. The molecule has 2 fully saturated rings. The number of benzene rings is 2. The zero-order valence-corrected chi connectivity index (χ0v) is 22.9. The Morgan fingerprint density at radius 2 is 1.82 bits per heavy atom. The van der Waals surface area contributed by atoms with Crippen LogP contribution in [-0.4, -0.2) is 71.3 Å². The molecule has 1 aliphatic carbocycles. The molecule has 2 aliphatic heterocycles. The van der Waals surface area contributed by atoms with Crippen molar-refractivity contribution < 1.29 is 14.6 Å². The molecule has 0 atom stereocenters. The molecular weight excluding hydrogens is 474 g/mol. The molecule has 38 heavy (non-hydrogen) atoms. The number of carboxylic acids is 1. The van der Waals surface area contributed by atoms with Gasteiger partial charge in [-0.3, -0.25) is 0 Å². The van der Waals surface area contributed by atoms with Gasteiger partial charge in [0.05, 0.1) is 17.9 Å². The number of aromatic carboxylic acids is 1. The topological polar surface area (TPSA) is 57.9 Å². The minimum atomic E-state index is -0.864. The molecule has 6 nitrogen and oxygen atoms in total. The number of carbonyl (C=O) groups is 1. The third kappa shape index (κ3) is 4.52. The zero-order valence-electron chi connectivity index (χ0n) is 22.9. The second-order valence-electron chi connectivity index (χ2n) is 11.7. The van der Waals surface area contributed by atoms with Gasteiger partial charge in [0, 0.05) is 54.6 Å². The number of likely N-dealkylation sites (N-methyl/N-ethyl adjacent to an activating group) is 1. The molecule has 202 valence electrons. The molecule has 3 aliphatic rings. The van der Waals surface area contributed by atoms with Crippen molar-refractivity contribution in [1.82, 2.24) is 14.4 Å². The van der Waals surface area contributed by atoms with Crippen molar-refractivity contribution in [1.29, 1.82) is 0 Å². The molecule has 6 heteroatoms. The van der Waals surface area contributed by atoms with Crippen LogP contribution in [0, 0.1) is 5.41 Å². The zero-order chi connectivity index (χ0) is 26.3. The van der Waals surface area contributed by atoms with Crippen LogP contribution in [0.5, 0.6) is 5.75 Å². The summed E-state index contributed by atoms with van der Waals surface area (Å²) in [6, 6.07) is 14.3. The van der Waals surface area contributed by atoms with E-state index in [2.05, 4.69) is 58.5 Å². The van der Waals surface area contributed by atoms with Crippen LogP contribution in [0.25, 0.3) is 22.2 Å². The van der Waals surface area contributed by atoms with Gasteiger partial charge in [-0.1, -0.05) is 51.3 Å². The summed E-state index contributed by atoms with van der Waals surface area (Å²) in [4.78, 5) is 17.1. The number of fused-ring (bicyclic) bond motifs is 5. The molecule has 0 unspecified atom stereocenters. The highest BCUT2D eigenvalue weighted by molar-refractivity contribution is 5.98. The van der Waals surface area contributed by atoms with Gasteiger partial charge in [-0.05, 0) is 61.7 Å². The van der Waals surface area contributed by atoms with Crippen molar-refractivity contribution in [3.63, 3.8) is 0 Å². The molecular formula is C32H41N3O3. The molecule has 3 aromatic rings. The standard InChI is InChI=1S/C32H41N3O3/c1-3-33(4-2)16-17-34-19-32(20-34)21-35-27-18-24(31(36)37)14-15-25(27)29(23-10-6-5-7-11-23)30(35)26-12-8-9-13-28(26)38-22-32/h8-9,12-15,18,23H,3-7,10-11,16-17,19-22H2,1-2H3,(H,36,37). The fourth-order valence-corrected chi connectivity index (χ4v) is 7.24. The second kappa shape index (κ2) is 10.4. The highest BCUT2D eigenvalue weighted by Gasteiger charge is 2.46. The normalized spacial score (nSPS) is 19.4. The number of nitrogens with zero attached hydrogens (tertiary/aromatic N) is 3. The van der Waals surface area contributed by atoms with Crippen molar-refractivity contribution in [2.75, 3.05) is 45.9 Å². The van der Waals surface area contributed by atoms with Crippen molar-refractivity contribution in [3.05, 3.63) is 53.6 Å². The van der Waals surface area contributed by atoms with E-state index >= 15 is 0 Å². The van der Waals surface area contributed by atoms with Gasteiger partial charge in [0.2, 0.25) is 0 Å². The summed E-state index contributed by atoms with van der Waals surface area (Å²) in [5.74, 6) is 0.582. The van der Waals surface area contributed by atoms with E-state index in [1.165, 1.54) is 48.7 Å². The predicted octanol–water partition coefficient (Wildman–Crippen LogP) is 6.09. The van der Waals surface area contributed by atoms with Crippen molar-refractivity contribution in [2.24, 2.45) is 5.41 Å². The van der Waals surface area contributed by atoms with E-state index in [-0.39, 0.29) is 5.41 Å². The third-order valence-corrected chi connectivity index (χ3v) is 9.28. The van der Waals surface area contributed by atoms with Crippen LogP contribution in [0.2, 0.25) is 0 Å². The maximum Gasteiger partial charge on any atom is 0.335 e. The predicted molar refractivity (Wildman–Crippen MR) is 152 cm³/mol. The molecule has 6 rings (SSSR count). The van der Waals surface area contributed by atoms with Crippen molar-refractivity contribution in [3.8, 4) is 17.0 Å². The fourth-order valence-electron chi connectivity index (χ4n) is 7.24. The Morgan fingerprint density at radius 1 is 1.05 bits per heavy atom. The molecule has 3 heterocycles. The number of hydrogen-bond acceptors (Lipinski definition) is 4. The number of likely N-dealkylation sites (tertiary alicyclic amines) is 1. The summed E-state index contributed by atoms with van der Waals surface area (Å²) in [7, 11) is 0. The maximum absolute atomic E-state index is 12.0. The summed E-state index contributed by atoms with van der Waals surface area (Å²) in [6.07, 6.45) is 6.21. The Bertz CT molecular complexity index is 1310. The summed E-state index contributed by atoms with van der Waals surface area (Å²) in [6.45, 7) is 12.4. The smallest absolute Gasteiger partial charge is 0.335 e. The van der Waals surface area contributed by atoms with E-state index in [4.69, 9.17) is 4.74 Å². The summed E-state index contributed by atoms with van der Waals surface area (Å²) < 4.78 is 9.10. The lowest BCUT2D eigenvalue weighted by Gasteiger charge is -2.51. The van der Waals surface area contributed by atoms with Crippen LogP contribution in [-0.2, 0) is 6.54 Å². The molecule has 1 spiro atoms. The SMILES string of the molecule is CCN(CC)CCN1CC2(COc3ccccc3-c3c(C4CCCCC4)c4ccc(C(=O)O)cc4n3C2)C1. The van der Waals surface area contributed by atoms with Gasteiger partial charge in [-0.25, -0.2) is 4.79 Å². The lowest BCUT2D eigenvalue weighted by molar-refractivity contribution is -0.0484. The second-order valence-corrected chi connectivity index (χ2v) is 11.7. The number of aromatic nitrogens is 1. The van der Waals surface area contributed by atoms with Crippen molar-refractivity contribution in [2.45, 2.75) is 58.4 Å². The largest absolute Gasteiger partial charge is 0.492 e. The van der Waals surface area contributed by atoms with Gasteiger partial charge in [0.25, 0.3) is 0 Å². The minimum Gasteiger partial charge on any atom is -0.492 e. The van der Waals surface area contributed by atoms with E-state index in [1.807, 2.05) is 6.07 Å². The molecule has 0 bridgehead atoms. The quantitative estimate of drug-likeness (QED) is 0.413. The summed E-state index contributed by atoms with van der Waals surface area (Å²) in [5.41, 5.74) is 5.25. The molecule has 0 amide bonds. The van der Waals surface area contributed by atoms with Crippen LogP contribution >= 0.6 is 0 Å². The Hall–Kier alpha value is -2.83. The lowest BCUT2D eigenvalue weighted by Crippen LogP contribution is -2.62. The molecule has 2 aromatic carbocycles. The molecule has 1 aromatic heterocycles. The lowest BCUT2D eigenvalue weighted by atomic mass is 9.79. The van der Waals surface area contributed by atoms with Crippen molar-refractivity contribution >= 4 is 16.9 Å². The Labute approximate surface area is 226 Å². The van der Waals surface area contributed by atoms with Crippen LogP contribution in [0.1, 0.15) is 67.8 Å². The van der Waals surface area contributed by atoms with Crippen LogP contribution < -0.4 is 4.74 Å². The molecule has 1 N–H and O–H groups in total. The van der Waals surface area contributed by atoms with E-state index < -0.39 is 5.97 Å². The van der Waals surface area contributed by atoms with Crippen LogP contribution in [0.4, 0.5) is 0 Å². The third-order valence-electron chi connectivity index (χ3n) is 9.28. The van der Waals surface area contributed by atoms with Gasteiger partial charge < -0.3 is 24.2 Å². The van der Waals surface area contributed by atoms with Crippen LogP contribution in [0.3, 0.4) is 0 Å². The number of carboxylic acid groups (broad SMARTS) is 1. The first-order valence-electron chi connectivity index (χ1n) is 14.6.